The Kier molecular flexibility index (Phi) is 8.02. The zero-order valence-corrected chi connectivity index (χ0v) is 20.6. The number of ether oxygens (including phenoxy) is 2. The van der Waals surface area contributed by atoms with Gasteiger partial charge in [0, 0.05) is 55.9 Å². The maximum atomic E-state index is 13.3. The van der Waals surface area contributed by atoms with Crippen molar-refractivity contribution in [2.24, 2.45) is 5.92 Å². The second-order valence-corrected chi connectivity index (χ2v) is 9.68. The predicted molar refractivity (Wildman–Crippen MR) is 126 cm³/mol. The van der Waals surface area contributed by atoms with Gasteiger partial charge in [-0.1, -0.05) is 12.5 Å². The van der Waals surface area contributed by atoms with Crippen molar-refractivity contribution in [3.63, 3.8) is 0 Å². The summed E-state index contributed by atoms with van der Waals surface area (Å²) in [6, 6.07) is 5.19. The number of hydrogen-bond donors (Lipinski definition) is 0. The molecule has 0 bridgehead atoms. The van der Waals surface area contributed by atoms with Crippen LogP contribution in [0.5, 0.6) is 5.75 Å². The first-order valence-corrected chi connectivity index (χ1v) is 12.4. The van der Waals surface area contributed by atoms with E-state index in [2.05, 4.69) is 14.3 Å². The van der Waals surface area contributed by atoms with Gasteiger partial charge in [-0.15, -0.1) is 13.2 Å². The van der Waals surface area contributed by atoms with Crippen molar-refractivity contribution in [3.05, 3.63) is 47.5 Å². The van der Waals surface area contributed by atoms with Gasteiger partial charge in [0.25, 0.3) is 5.91 Å². The van der Waals surface area contributed by atoms with Gasteiger partial charge in [-0.05, 0) is 57.2 Å². The summed E-state index contributed by atoms with van der Waals surface area (Å²) in [6.07, 6.45) is 1.91. The summed E-state index contributed by atoms with van der Waals surface area (Å²) in [5, 5.41) is 0. The molecule has 1 saturated carbocycles. The first kappa shape index (κ1) is 26.2. The minimum absolute atomic E-state index is 0.115. The smallest absolute Gasteiger partial charge is 0.406 e. The van der Waals surface area contributed by atoms with E-state index in [9.17, 15) is 22.8 Å². The van der Waals surface area contributed by atoms with Crippen LogP contribution in [-0.4, -0.2) is 58.8 Å². The van der Waals surface area contributed by atoms with Gasteiger partial charge in [0.2, 0.25) is 0 Å². The Balaban J connectivity index is 1.41. The number of hydrogen-bond acceptors (Lipinski definition) is 5. The van der Waals surface area contributed by atoms with Crippen LogP contribution in [0.4, 0.5) is 13.2 Å². The third kappa shape index (κ3) is 6.27. The number of halogens is 3. The number of Topliss-reactive ketones (excluding diaryl/α,β-unsaturated/α-hetero) is 1. The molecule has 1 aromatic carbocycles. The molecule has 36 heavy (non-hydrogen) atoms. The summed E-state index contributed by atoms with van der Waals surface area (Å²) in [5.41, 5.74) is 1.92. The molecule has 196 valence electrons. The zero-order valence-electron chi connectivity index (χ0n) is 20.6. The van der Waals surface area contributed by atoms with Crippen LogP contribution < -0.4 is 4.74 Å². The highest BCUT2D eigenvalue weighted by Gasteiger charge is 2.34. The van der Waals surface area contributed by atoms with Gasteiger partial charge in [0.15, 0.2) is 0 Å². The van der Waals surface area contributed by atoms with Gasteiger partial charge in [-0.25, -0.2) is 4.98 Å². The van der Waals surface area contributed by atoms with Crippen LogP contribution >= 0.6 is 0 Å². The number of carbonyl (C=O) groups excluding carboxylic acids is 2. The monoisotopic (exact) mass is 507 g/mol. The molecule has 1 aliphatic heterocycles. The fraction of sp³-hybridized carbons (Fsp3) is 0.577. The summed E-state index contributed by atoms with van der Waals surface area (Å²) in [6.45, 7) is 3.32. The summed E-state index contributed by atoms with van der Waals surface area (Å²) in [5.74, 6) is -0.876. The summed E-state index contributed by atoms with van der Waals surface area (Å²) in [7, 11) is 1.64. The van der Waals surface area contributed by atoms with E-state index in [1.807, 2.05) is 13.3 Å². The summed E-state index contributed by atoms with van der Waals surface area (Å²) >= 11 is 0. The average molecular weight is 508 g/mol. The molecule has 0 N–H and O–H groups in total. The summed E-state index contributed by atoms with van der Waals surface area (Å²) < 4.78 is 49.3. The van der Waals surface area contributed by atoms with E-state index in [0.29, 0.717) is 26.1 Å². The van der Waals surface area contributed by atoms with Crippen molar-refractivity contribution < 1.29 is 32.2 Å². The van der Waals surface area contributed by atoms with E-state index in [1.54, 1.807) is 11.9 Å². The Bertz CT molecular complexity index is 1080. The highest BCUT2D eigenvalue weighted by atomic mass is 19.4. The predicted octanol–water partition coefficient (Wildman–Crippen LogP) is 4.88. The Labute approximate surface area is 208 Å². The van der Waals surface area contributed by atoms with Crippen LogP contribution in [0.3, 0.4) is 0 Å². The van der Waals surface area contributed by atoms with Crippen LogP contribution in [-0.2, 0) is 16.0 Å². The van der Waals surface area contributed by atoms with Crippen molar-refractivity contribution in [1.29, 1.82) is 0 Å². The van der Waals surface area contributed by atoms with Crippen LogP contribution in [0.25, 0.3) is 0 Å². The molecule has 2 heterocycles. The van der Waals surface area contributed by atoms with Crippen molar-refractivity contribution in [3.8, 4) is 5.75 Å². The fourth-order valence-electron chi connectivity index (χ4n) is 5.29. The molecule has 2 atom stereocenters. The fourth-order valence-corrected chi connectivity index (χ4v) is 5.29. The van der Waals surface area contributed by atoms with E-state index >= 15 is 0 Å². The Hall–Kier alpha value is -2.88. The summed E-state index contributed by atoms with van der Waals surface area (Å²) in [4.78, 5) is 32.4. The molecular formula is C26H32F3N3O4. The number of carbonyl (C=O) groups is 2. The minimum atomic E-state index is -4.83. The number of amides is 1. The highest BCUT2D eigenvalue weighted by Crippen LogP contribution is 2.31. The molecule has 2 aliphatic rings. The largest absolute Gasteiger partial charge is 0.573 e. The molecule has 0 unspecified atom stereocenters. The first-order valence-electron chi connectivity index (χ1n) is 12.4. The van der Waals surface area contributed by atoms with Crippen LogP contribution in [0, 0.1) is 12.8 Å². The van der Waals surface area contributed by atoms with Crippen molar-refractivity contribution in [2.75, 3.05) is 20.3 Å². The second-order valence-electron chi connectivity index (χ2n) is 9.68. The quantitative estimate of drug-likeness (QED) is 0.534. The Morgan fingerprint density at radius 3 is 2.67 bits per heavy atom. The van der Waals surface area contributed by atoms with Gasteiger partial charge < -0.3 is 18.9 Å². The number of nitrogens with zero attached hydrogens (tertiary/aromatic N) is 3. The molecule has 1 amide bonds. The molecular weight excluding hydrogens is 475 g/mol. The van der Waals surface area contributed by atoms with Crippen molar-refractivity contribution in [1.82, 2.24) is 14.5 Å². The highest BCUT2D eigenvalue weighted by molar-refractivity contribution is 5.94. The van der Waals surface area contributed by atoms with E-state index in [-0.39, 0.29) is 29.3 Å². The molecule has 0 radical (unpaired) electrons. The molecule has 1 saturated heterocycles. The maximum absolute atomic E-state index is 13.3. The first-order chi connectivity index (χ1) is 17.1. The Morgan fingerprint density at radius 2 is 1.94 bits per heavy atom. The van der Waals surface area contributed by atoms with E-state index in [4.69, 9.17) is 4.74 Å². The van der Waals surface area contributed by atoms with Gasteiger partial charge >= 0.3 is 6.36 Å². The van der Waals surface area contributed by atoms with Gasteiger partial charge in [0.1, 0.15) is 11.5 Å². The topological polar surface area (TPSA) is 73.7 Å². The average Bonchev–Trinajstić information content (AvgIpc) is 3.22. The molecule has 7 nitrogen and oxygen atoms in total. The van der Waals surface area contributed by atoms with Gasteiger partial charge in [-0.3, -0.25) is 9.59 Å². The number of aryl methyl sites for hydroxylation is 1. The molecule has 4 rings (SSSR count). The van der Waals surface area contributed by atoms with E-state index < -0.39 is 18.0 Å². The standard InChI is InChI=1S/C26H32F3N3O4/c1-17-23(32(16-30-17)20-9-11-35-12-10-20)15-24(33)18-5-3-7-21(13-18)31(2)25(34)19-6-4-8-22(14-19)36-26(27,28)29/h4,6,8,14,16,18,20-21H,3,5,7,9-13,15H2,1-2H3/t18-,21+/m0/s1. The second kappa shape index (κ2) is 11.0. The van der Waals surface area contributed by atoms with E-state index in [0.717, 1.165) is 55.6 Å². The molecule has 0 spiro atoms. The van der Waals surface area contributed by atoms with Crippen LogP contribution in [0.15, 0.2) is 30.6 Å². The number of ketones is 1. The lowest BCUT2D eigenvalue weighted by molar-refractivity contribution is -0.274. The SMILES string of the molecule is Cc1ncn(C2CCOCC2)c1CC(=O)[C@H]1CCC[C@@H](N(C)C(=O)c2cccc(OC(F)(F)F)c2)C1. The number of imidazole rings is 1. The molecule has 2 aromatic rings. The van der Waals surface area contributed by atoms with Crippen molar-refractivity contribution >= 4 is 11.7 Å². The molecule has 1 aromatic heterocycles. The van der Waals surface area contributed by atoms with Gasteiger partial charge in [0.05, 0.1) is 12.0 Å². The molecule has 1 aliphatic carbocycles. The Morgan fingerprint density at radius 1 is 1.19 bits per heavy atom. The van der Waals surface area contributed by atoms with Crippen LogP contribution in [0.2, 0.25) is 0 Å². The minimum Gasteiger partial charge on any atom is -0.406 e. The number of aromatic nitrogens is 2. The number of alkyl halides is 3. The lowest BCUT2D eigenvalue weighted by Crippen LogP contribution is -2.41. The third-order valence-electron chi connectivity index (χ3n) is 7.32. The maximum Gasteiger partial charge on any atom is 0.573 e. The number of rotatable bonds is 7. The van der Waals surface area contributed by atoms with Gasteiger partial charge in [-0.2, -0.15) is 0 Å². The number of benzene rings is 1. The van der Waals surface area contributed by atoms with E-state index in [1.165, 1.54) is 12.1 Å². The van der Waals surface area contributed by atoms with Crippen molar-refractivity contribution in [2.45, 2.75) is 70.3 Å². The zero-order chi connectivity index (χ0) is 25.9. The lowest BCUT2D eigenvalue weighted by atomic mass is 9.81. The molecule has 10 heteroatoms. The normalized spacial score (nSPS) is 21.2. The molecule has 2 fully saturated rings. The third-order valence-corrected chi connectivity index (χ3v) is 7.32. The van der Waals surface area contributed by atoms with Crippen LogP contribution in [0.1, 0.15) is 66.3 Å². The lowest BCUT2D eigenvalue weighted by Gasteiger charge is -2.35.